The first-order valence-corrected chi connectivity index (χ1v) is 4.73. The molecule has 1 rings (SSSR count). The highest BCUT2D eigenvalue weighted by atomic mass is 15.2. The van der Waals surface area contributed by atoms with Gasteiger partial charge in [-0.25, -0.2) is 0 Å². The normalized spacial score (nSPS) is 21.8. The molecule has 0 unspecified atom stereocenters. The van der Waals surface area contributed by atoms with Crippen LogP contribution in [0, 0.1) is 11.3 Å². The zero-order chi connectivity index (χ0) is 8.48. The van der Waals surface area contributed by atoms with Gasteiger partial charge in [0.15, 0.2) is 0 Å². The van der Waals surface area contributed by atoms with Crippen molar-refractivity contribution in [1.82, 2.24) is 4.90 Å². The minimum Gasteiger partial charge on any atom is -0.302 e. The quantitative estimate of drug-likeness (QED) is 0.592. The fraction of sp³-hybridized carbons (Fsp3) is 1.00. The van der Waals surface area contributed by atoms with Crippen molar-refractivity contribution in [2.75, 3.05) is 19.6 Å². The Hall–Kier alpha value is -0.0400. The van der Waals surface area contributed by atoms with Gasteiger partial charge >= 0.3 is 0 Å². The Labute approximate surface area is 70.8 Å². The van der Waals surface area contributed by atoms with Gasteiger partial charge in [0.05, 0.1) is 0 Å². The fourth-order valence-electron chi connectivity index (χ4n) is 1.73. The van der Waals surface area contributed by atoms with Crippen LogP contribution in [0.15, 0.2) is 0 Å². The summed E-state index contributed by atoms with van der Waals surface area (Å²) < 4.78 is 0. The predicted molar refractivity (Wildman–Crippen MR) is 49.7 cm³/mol. The summed E-state index contributed by atoms with van der Waals surface area (Å²) in [5.74, 6) is 0.998. The van der Waals surface area contributed by atoms with Crippen molar-refractivity contribution < 1.29 is 0 Å². The molecule has 0 aromatic rings. The number of hydrogen-bond donors (Lipinski definition) is 0. The Morgan fingerprint density at radius 2 is 1.82 bits per heavy atom. The second-order valence-electron chi connectivity index (χ2n) is 5.03. The zero-order valence-corrected chi connectivity index (χ0v) is 8.35. The first kappa shape index (κ1) is 9.05. The molecule has 0 bridgehead atoms. The molecular weight excluding hydrogens is 134 g/mol. The van der Waals surface area contributed by atoms with Crippen LogP contribution in [0.25, 0.3) is 0 Å². The van der Waals surface area contributed by atoms with Crippen molar-refractivity contribution in [2.45, 2.75) is 34.1 Å². The molecule has 66 valence electrons. The molecule has 1 saturated heterocycles. The summed E-state index contributed by atoms with van der Waals surface area (Å²) in [6.45, 7) is 13.2. The van der Waals surface area contributed by atoms with Gasteiger partial charge in [-0.3, -0.25) is 0 Å². The Morgan fingerprint density at radius 1 is 1.27 bits per heavy atom. The summed E-state index contributed by atoms with van der Waals surface area (Å²) in [4.78, 5) is 2.56. The van der Waals surface area contributed by atoms with Crippen LogP contribution in [-0.4, -0.2) is 24.5 Å². The smallest absolute Gasteiger partial charge is 0.00303 e. The van der Waals surface area contributed by atoms with E-state index in [1.165, 1.54) is 26.1 Å². The Kier molecular flexibility index (Phi) is 2.58. The summed E-state index contributed by atoms with van der Waals surface area (Å²) in [7, 11) is 0. The van der Waals surface area contributed by atoms with Gasteiger partial charge in [0.2, 0.25) is 0 Å². The molecule has 1 nitrogen and oxygen atoms in total. The van der Waals surface area contributed by atoms with E-state index in [1.807, 2.05) is 0 Å². The SMILES string of the molecule is CCC1CN(CC(C)(C)C)C1. The standard InChI is InChI=1S/C10H21N/c1-5-9-6-11(7-9)8-10(2,3)4/h9H,5-8H2,1-4H3. The number of nitrogens with zero attached hydrogens (tertiary/aromatic N) is 1. The molecule has 1 fully saturated rings. The van der Waals surface area contributed by atoms with Gasteiger partial charge in [0.1, 0.15) is 0 Å². The summed E-state index contributed by atoms with van der Waals surface area (Å²) in [6.07, 6.45) is 1.36. The van der Waals surface area contributed by atoms with Crippen molar-refractivity contribution in [2.24, 2.45) is 11.3 Å². The van der Waals surface area contributed by atoms with Crippen molar-refractivity contribution in [1.29, 1.82) is 0 Å². The van der Waals surface area contributed by atoms with Gasteiger partial charge in [-0.15, -0.1) is 0 Å². The number of rotatable bonds is 2. The highest BCUT2D eigenvalue weighted by Gasteiger charge is 2.27. The molecule has 1 heterocycles. The fourth-order valence-corrected chi connectivity index (χ4v) is 1.73. The molecule has 0 aromatic carbocycles. The Bertz CT molecular complexity index is 117. The van der Waals surface area contributed by atoms with Crippen LogP contribution in [0.2, 0.25) is 0 Å². The summed E-state index contributed by atoms with van der Waals surface area (Å²) in [6, 6.07) is 0. The number of hydrogen-bond acceptors (Lipinski definition) is 1. The average Bonchev–Trinajstić information content (AvgIpc) is 1.75. The molecule has 0 aliphatic carbocycles. The highest BCUT2D eigenvalue weighted by molar-refractivity contribution is 4.81. The average molecular weight is 155 g/mol. The molecule has 0 atom stereocenters. The van der Waals surface area contributed by atoms with E-state index in [2.05, 4.69) is 32.6 Å². The third-order valence-corrected chi connectivity index (χ3v) is 2.31. The molecule has 0 amide bonds. The molecule has 1 aliphatic rings. The predicted octanol–water partition coefficient (Wildman–Crippen LogP) is 2.37. The maximum absolute atomic E-state index is 2.56. The summed E-state index contributed by atoms with van der Waals surface area (Å²) >= 11 is 0. The van der Waals surface area contributed by atoms with E-state index in [1.54, 1.807) is 0 Å². The van der Waals surface area contributed by atoms with Gasteiger partial charge in [0, 0.05) is 19.6 Å². The Morgan fingerprint density at radius 3 is 2.18 bits per heavy atom. The lowest BCUT2D eigenvalue weighted by molar-refractivity contribution is 0.0622. The van der Waals surface area contributed by atoms with Gasteiger partial charge in [-0.1, -0.05) is 34.1 Å². The lowest BCUT2D eigenvalue weighted by Crippen LogP contribution is -2.49. The van der Waals surface area contributed by atoms with E-state index >= 15 is 0 Å². The largest absolute Gasteiger partial charge is 0.302 e. The van der Waals surface area contributed by atoms with Crippen molar-refractivity contribution >= 4 is 0 Å². The molecule has 1 aliphatic heterocycles. The first-order chi connectivity index (χ1) is 5.01. The van der Waals surface area contributed by atoms with E-state index in [-0.39, 0.29) is 0 Å². The third-order valence-electron chi connectivity index (χ3n) is 2.31. The first-order valence-electron chi connectivity index (χ1n) is 4.73. The van der Waals surface area contributed by atoms with Gasteiger partial charge in [0.25, 0.3) is 0 Å². The van der Waals surface area contributed by atoms with E-state index in [9.17, 15) is 0 Å². The van der Waals surface area contributed by atoms with Crippen LogP contribution in [0.1, 0.15) is 34.1 Å². The topological polar surface area (TPSA) is 3.24 Å². The van der Waals surface area contributed by atoms with Gasteiger partial charge < -0.3 is 4.90 Å². The van der Waals surface area contributed by atoms with Crippen molar-refractivity contribution in [3.05, 3.63) is 0 Å². The molecule has 0 N–H and O–H groups in total. The molecule has 0 spiro atoms. The minimum atomic E-state index is 0.485. The highest BCUT2D eigenvalue weighted by Crippen LogP contribution is 2.23. The maximum Gasteiger partial charge on any atom is 0.00303 e. The van der Waals surface area contributed by atoms with Gasteiger partial charge in [-0.05, 0) is 11.3 Å². The number of likely N-dealkylation sites (tertiary alicyclic amines) is 1. The lowest BCUT2D eigenvalue weighted by atomic mass is 9.90. The third kappa shape index (κ3) is 2.82. The molecule has 0 aromatic heterocycles. The van der Waals surface area contributed by atoms with Crippen LogP contribution >= 0.6 is 0 Å². The molecular formula is C10H21N. The molecule has 1 heteroatoms. The van der Waals surface area contributed by atoms with E-state index in [4.69, 9.17) is 0 Å². The van der Waals surface area contributed by atoms with Crippen molar-refractivity contribution in [3.8, 4) is 0 Å². The van der Waals surface area contributed by atoms with Crippen LogP contribution in [0.3, 0.4) is 0 Å². The van der Waals surface area contributed by atoms with Crippen LogP contribution in [0.5, 0.6) is 0 Å². The van der Waals surface area contributed by atoms with Gasteiger partial charge in [-0.2, -0.15) is 0 Å². The van der Waals surface area contributed by atoms with Crippen LogP contribution in [-0.2, 0) is 0 Å². The van der Waals surface area contributed by atoms with E-state index in [0.29, 0.717) is 5.41 Å². The van der Waals surface area contributed by atoms with Crippen LogP contribution in [0.4, 0.5) is 0 Å². The summed E-state index contributed by atoms with van der Waals surface area (Å²) in [5.41, 5.74) is 0.485. The maximum atomic E-state index is 2.56. The zero-order valence-electron chi connectivity index (χ0n) is 8.35. The Balaban J connectivity index is 2.14. The summed E-state index contributed by atoms with van der Waals surface area (Å²) in [5, 5.41) is 0. The second kappa shape index (κ2) is 3.14. The van der Waals surface area contributed by atoms with E-state index < -0.39 is 0 Å². The van der Waals surface area contributed by atoms with Crippen LogP contribution < -0.4 is 0 Å². The second-order valence-corrected chi connectivity index (χ2v) is 5.03. The van der Waals surface area contributed by atoms with Crippen molar-refractivity contribution in [3.63, 3.8) is 0 Å². The van der Waals surface area contributed by atoms with E-state index in [0.717, 1.165) is 5.92 Å². The monoisotopic (exact) mass is 155 g/mol. The molecule has 11 heavy (non-hydrogen) atoms. The molecule has 0 radical (unpaired) electrons. The minimum absolute atomic E-state index is 0.485. The molecule has 0 saturated carbocycles. The lowest BCUT2D eigenvalue weighted by Gasteiger charge is -2.42.